The summed E-state index contributed by atoms with van der Waals surface area (Å²) in [6, 6.07) is 2.36. The van der Waals surface area contributed by atoms with E-state index in [1.807, 2.05) is 6.07 Å². The molecule has 0 aromatic carbocycles. The Hall–Kier alpha value is -1.60. The number of hydrogen-bond donors (Lipinski definition) is 5. The van der Waals surface area contributed by atoms with E-state index in [-0.39, 0.29) is 0 Å². The van der Waals surface area contributed by atoms with Gasteiger partial charge in [0.05, 0.1) is 17.3 Å². The number of nitrogens with zero attached hydrogens (tertiary/aromatic N) is 3. The zero-order valence-corrected chi connectivity index (χ0v) is 21.2. The van der Waals surface area contributed by atoms with Crippen molar-refractivity contribution in [1.82, 2.24) is 14.8 Å². The maximum absolute atomic E-state index is 12.2. The van der Waals surface area contributed by atoms with Gasteiger partial charge < -0.3 is 30.1 Å². The third kappa shape index (κ3) is 6.22. The number of unbranched alkanes of at least 4 members (excludes halogenated alkanes) is 1. The first-order valence-electron chi connectivity index (χ1n) is 11.9. The Labute approximate surface area is 203 Å². The van der Waals surface area contributed by atoms with Crippen LogP contribution in [0.4, 0.5) is 5.69 Å². The molecule has 1 saturated carbocycles. The maximum atomic E-state index is 12.2. The lowest BCUT2D eigenvalue weighted by molar-refractivity contribution is -0.0364. The van der Waals surface area contributed by atoms with Gasteiger partial charge >= 0.3 is 7.60 Å². The van der Waals surface area contributed by atoms with Gasteiger partial charge in [-0.05, 0) is 31.7 Å². The maximum Gasteiger partial charge on any atom is 0.340 e. The van der Waals surface area contributed by atoms with Gasteiger partial charge in [-0.25, -0.2) is 18.1 Å². The summed E-state index contributed by atoms with van der Waals surface area (Å²) < 4.78 is 42.6. The van der Waals surface area contributed by atoms with Gasteiger partial charge in [0.25, 0.3) is 0 Å². The van der Waals surface area contributed by atoms with Crippen molar-refractivity contribution in [3.63, 3.8) is 0 Å². The largest absolute Gasteiger partial charge is 0.387 e. The SMILES string of the molecule is CCCCc1cc(NC2CCCC2)c2cnn([C@@H]3O[C@H](CS(=O)(=O)CP(=O)(O)O)[C@@H](O)[C@H]3O)c2n1. The van der Waals surface area contributed by atoms with Crippen LogP contribution in [-0.4, -0.2) is 78.8 Å². The fourth-order valence-electron chi connectivity index (χ4n) is 4.78. The van der Waals surface area contributed by atoms with Gasteiger partial charge in [-0.2, -0.15) is 5.10 Å². The number of anilines is 1. The summed E-state index contributed by atoms with van der Waals surface area (Å²) in [5.41, 5.74) is 0.800. The highest BCUT2D eigenvalue weighted by Gasteiger charge is 2.47. The zero-order chi connectivity index (χ0) is 25.4. The standard InChI is InChI=1S/C21H33N4O8PS/c1-2-3-6-14-9-16(23-13-7-4-5-8-13)15-10-22-25(20(15)24-14)21-19(27)18(26)17(33-21)11-35(31,32)12-34(28,29)30/h9-10,13,17-19,21,26-27H,2-8,11-12H2,1H3,(H,23,24)(H2,28,29,30)/t17-,18-,19-,21-/m1/s1. The quantitative estimate of drug-likeness (QED) is 0.278. The minimum Gasteiger partial charge on any atom is -0.387 e. The van der Waals surface area contributed by atoms with Crippen LogP contribution in [0.3, 0.4) is 0 Å². The Bertz CT molecular complexity index is 1190. The average molecular weight is 533 g/mol. The van der Waals surface area contributed by atoms with Gasteiger partial charge in [-0.15, -0.1) is 0 Å². The Kier molecular flexibility index (Phi) is 7.87. The molecular formula is C21H33N4O8PS. The molecular weight excluding hydrogens is 499 g/mol. The zero-order valence-electron chi connectivity index (χ0n) is 19.5. The second-order valence-electron chi connectivity index (χ2n) is 9.47. The summed E-state index contributed by atoms with van der Waals surface area (Å²) in [4.78, 5) is 22.8. The Morgan fingerprint density at radius 1 is 1.23 bits per heavy atom. The molecule has 1 saturated heterocycles. The number of nitrogens with one attached hydrogen (secondary N) is 1. The van der Waals surface area contributed by atoms with Crippen LogP contribution >= 0.6 is 7.60 Å². The highest BCUT2D eigenvalue weighted by molar-refractivity contribution is 7.97. The van der Waals surface area contributed by atoms with Crippen molar-refractivity contribution in [3.8, 4) is 0 Å². The molecule has 2 aromatic heterocycles. The van der Waals surface area contributed by atoms with E-state index in [0.29, 0.717) is 11.7 Å². The molecule has 12 nitrogen and oxygen atoms in total. The van der Waals surface area contributed by atoms with Crippen LogP contribution in [-0.2, 0) is 25.6 Å². The number of fused-ring (bicyclic) bond motifs is 1. The van der Waals surface area contributed by atoms with Crippen molar-refractivity contribution >= 4 is 34.2 Å². The van der Waals surface area contributed by atoms with E-state index in [2.05, 4.69) is 17.3 Å². The summed E-state index contributed by atoms with van der Waals surface area (Å²) in [5, 5.41) is 29.8. The Morgan fingerprint density at radius 3 is 2.60 bits per heavy atom. The molecule has 1 aliphatic carbocycles. The smallest absolute Gasteiger partial charge is 0.340 e. The van der Waals surface area contributed by atoms with Crippen LogP contribution in [0.15, 0.2) is 12.3 Å². The van der Waals surface area contributed by atoms with Crippen molar-refractivity contribution in [2.75, 3.05) is 16.6 Å². The Balaban J connectivity index is 1.63. The molecule has 2 aromatic rings. The van der Waals surface area contributed by atoms with Crippen LogP contribution in [0.25, 0.3) is 11.0 Å². The molecule has 0 radical (unpaired) electrons. The number of aryl methyl sites for hydroxylation is 1. The van der Waals surface area contributed by atoms with Gasteiger partial charge in [0.15, 0.2) is 27.2 Å². The summed E-state index contributed by atoms with van der Waals surface area (Å²) in [6.45, 7) is 2.09. The van der Waals surface area contributed by atoms with E-state index in [0.717, 1.165) is 48.9 Å². The predicted octanol–water partition coefficient (Wildman–Crippen LogP) is 1.30. The molecule has 196 valence electrons. The van der Waals surface area contributed by atoms with E-state index >= 15 is 0 Å². The van der Waals surface area contributed by atoms with Crippen LogP contribution in [0.2, 0.25) is 0 Å². The van der Waals surface area contributed by atoms with Crippen molar-refractivity contribution in [2.45, 2.75) is 82.5 Å². The summed E-state index contributed by atoms with van der Waals surface area (Å²) in [5.74, 6) is -0.851. The van der Waals surface area contributed by atoms with Crippen molar-refractivity contribution in [3.05, 3.63) is 18.0 Å². The molecule has 2 aliphatic rings. The van der Waals surface area contributed by atoms with E-state index in [1.54, 1.807) is 6.20 Å². The van der Waals surface area contributed by atoms with Crippen LogP contribution in [0.5, 0.6) is 0 Å². The van der Waals surface area contributed by atoms with E-state index in [4.69, 9.17) is 19.5 Å². The highest BCUT2D eigenvalue weighted by Crippen LogP contribution is 2.38. The molecule has 0 spiro atoms. The van der Waals surface area contributed by atoms with Crippen LogP contribution in [0.1, 0.15) is 57.4 Å². The van der Waals surface area contributed by atoms with Crippen LogP contribution < -0.4 is 5.32 Å². The third-order valence-electron chi connectivity index (χ3n) is 6.48. The van der Waals surface area contributed by atoms with Gasteiger partial charge in [-0.3, -0.25) is 4.57 Å². The van der Waals surface area contributed by atoms with Gasteiger partial charge in [0.2, 0.25) is 0 Å². The molecule has 3 heterocycles. The Morgan fingerprint density at radius 2 is 1.94 bits per heavy atom. The molecule has 35 heavy (non-hydrogen) atoms. The second-order valence-corrected chi connectivity index (χ2v) is 13.6. The number of sulfone groups is 1. The molecule has 0 bridgehead atoms. The minimum absolute atomic E-state index is 0.349. The summed E-state index contributed by atoms with van der Waals surface area (Å²) >= 11 is 0. The van der Waals surface area contributed by atoms with Crippen molar-refractivity contribution < 1.29 is 37.7 Å². The normalized spacial score (nSPS) is 26.1. The minimum atomic E-state index is -4.83. The molecule has 0 unspecified atom stereocenters. The second kappa shape index (κ2) is 10.4. The monoisotopic (exact) mass is 532 g/mol. The molecule has 4 atom stereocenters. The number of hydrogen-bond acceptors (Lipinski definition) is 9. The third-order valence-corrected chi connectivity index (χ3v) is 10.2. The number of ether oxygens (including phenoxy) is 1. The number of aromatic nitrogens is 3. The first kappa shape index (κ1) is 26.5. The predicted molar refractivity (Wildman–Crippen MR) is 129 cm³/mol. The van der Waals surface area contributed by atoms with Gasteiger partial charge in [0, 0.05) is 17.4 Å². The highest BCUT2D eigenvalue weighted by atomic mass is 32.2. The lowest BCUT2D eigenvalue weighted by atomic mass is 10.1. The number of pyridine rings is 1. The van der Waals surface area contributed by atoms with Gasteiger partial charge in [0.1, 0.15) is 18.3 Å². The van der Waals surface area contributed by atoms with E-state index in [9.17, 15) is 23.2 Å². The number of rotatable bonds is 10. The molecule has 5 N–H and O–H groups in total. The van der Waals surface area contributed by atoms with E-state index < -0.39 is 53.2 Å². The molecule has 1 aliphatic heterocycles. The number of aliphatic hydroxyl groups excluding tert-OH is 2. The number of aliphatic hydroxyl groups is 2. The lowest BCUT2D eigenvalue weighted by Crippen LogP contribution is -2.36. The first-order valence-corrected chi connectivity index (χ1v) is 15.5. The molecule has 4 rings (SSSR count). The lowest BCUT2D eigenvalue weighted by Gasteiger charge is -2.18. The van der Waals surface area contributed by atoms with Crippen LogP contribution in [0, 0.1) is 0 Å². The summed E-state index contributed by atoms with van der Waals surface area (Å²) in [6.07, 6.45) is 3.05. The topological polar surface area (TPSA) is 184 Å². The average Bonchev–Trinajstić information content (AvgIpc) is 3.47. The van der Waals surface area contributed by atoms with Gasteiger partial charge in [-0.1, -0.05) is 26.2 Å². The first-order chi connectivity index (χ1) is 16.5. The molecule has 0 amide bonds. The molecule has 2 fully saturated rings. The molecule has 14 heteroatoms. The fraction of sp³-hybridized carbons (Fsp3) is 0.714. The van der Waals surface area contributed by atoms with Crippen molar-refractivity contribution in [2.24, 2.45) is 0 Å². The summed E-state index contributed by atoms with van der Waals surface area (Å²) in [7, 11) is -9.10. The van der Waals surface area contributed by atoms with Crippen molar-refractivity contribution in [1.29, 1.82) is 0 Å². The van der Waals surface area contributed by atoms with E-state index in [1.165, 1.54) is 17.5 Å². The fourth-order valence-corrected chi connectivity index (χ4v) is 8.03.